The van der Waals surface area contributed by atoms with E-state index >= 15 is 0 Å². The number of ether oxygens (including phenoxy) is 1. The Labute approximate surface area is 178 Å². The summed E-state index contributed by atoms with van der Waals surface area (Å²) < 4.78 is 5.18. The minimum absolute atomic E-state index is 0.0182. The summed E-state index contributed by atoms with van der Waals surface area (Å²) in [5.41, 5.74) is 0.987. The van der Waals surface area contributed by atoms with Crippen LogP contribution in [0.5, 0.6) is 5.75 Å². The zero-order valence-electron chi connectivity index (χ0n) is 16.5. The van der Waals surface area contributed by atoms with Gasteiger partial charge in [-0.1, -0.05) is 23.7 Å². The number of Topliss-reactive ketones (excluding diaryl/α,β-unsaturated/α-hetero) is 1. The fraction of sp³-hybridized carbons (Fsp3) is 0.227. The molecule has 1 aliphatic heterocycles. The number of halogens is 1. The lowest BCUT2D eigenvalue weighted by molar-refractivity contribution is -0.139. The molecule has 7 nitrogen and oxygen atoms in total. The van der Waals surface area contributed by atoms with E-state index in [-0.39, 0.29) is 30.3 Å². The van der Waals surface area contributed by atoms with Crippen molar-refractivity contribution >= 4 is 35.0 Å². The second kappa shape index (κ2) is 9.00. The molecule has 156 valence electrons. The van der Waals surface area contributed by atoms with Crippen LogP contribution in [-0.2, 0) is 14.4 Å². The third-order valence-corrected chi connectivity index (χ3v) is 5.07. The highest BCUT2D eigenvalue weighted by atomic mass is 35.5. The Morgan fingerprint density at radius 3 is 2.33 bits per heavy atom. The average Bonchev–Trinajstić information content (AvgIpc) is 2.98. The van der Waals surface area contributed by atoms with Gasteiger partial charge in [0.15, 0.2) is 0 Å². The number of rotatable bonds is 6. The molecule has 2 amide bonds. The van der Waals surface area contributed by atoms with E-state index in [2.05, 4.69) is 5.32 Å². The van der Waals surface area contributed by atoms with Gasteiger partial charge in [-0.25, -0.2) is 0 Å². The number of aliphatic hydroxyl groups excluding tert-OH is 1. The summed E-state index contributed by atoms with van der Waals surface area (Å²) >= 11 is 5.91. The number of nitrogens with one attached hydrogen (secondary N) is 1. The minimum Gasteiger partial charge on any atom is -0.507 e. The molecule has 0 radical (unpaired) electrons. The lowest BCUT2D eigenvalue weighted by Gasteiger charge is -2.25. The number of ketones is 1. The molecule has 1 fully saturated rings. The summed E-state index contributed by atoms with van der Waals surface area (Å²) in [5, 5.41) is 14.0. The van der Waals surface area contributed by atoms with Crippen molar-refractivity contribution in [3.63, 3.8) is 0 Å². The van der Waals surface area contributed by atoms with Gasteiger partial charge in [0.05, 0.1) is 18.7 Å². The van der Waals surface area contributed by atoms with Crippen molar-refractivity contribution in [1.29, 1.82) is 0 Å². The van der Waals surface area contributed by atoms with Gasteiger partial charge in [0.25, 0.3) is 11.7 Å². The summed E-state index contributed by atoms with van der Waals surface area (Å²) in [5.74, 6) is -1.43. The fourth-order valence-electron chi connectivity index (χ4n) is 3.36. The number of likely N-dealkylation sites (tertiary alicyclic amines) is 1. The first-order chi connectivity index (χ1) is 14.3. The fourth-order valence-corrected chi connectivity index (χ4v) is 3.49. The van der Waals surface area contributed by atoms with Gasteiger partial charge in [0, 0.05) is 30.6 Å². The molecule has 3 rings (SSSR count). The summed E-state index contributed by atoms with van der Waals surface area (Å²) in [6.45, 7) is 1.66. The number of benzene rings is 2. The Morgan fingerprint density at radius 1 is 1.13 bits per heavy atom. The van der Waals surface area contributed by atoms with Crippen LogP contribution in [0.25, 0.3) is 5.76 Å². The van der Waals surface area contributed by atoms with Gasteiger partial charge >= 0.3 is 0 Å². The molecule has 0 spiro atoms. The van der Waals surface area contributed by atoms with Crippen LogP contribution >= 0.6 is 11.6 Å². The molecule has 0 saturated carbocycles. The molecule has 8 heteroatoms. The molecule has 0 unspecified atom stereocenters. The van der Waals surface area contributed by atoms with E-state index in [1.54, 1.807) is 48.5 Å². The van der Waals surface area contributed by atoms with Crippen molar-refractivity contribution in [3.8, 4) is 5.75 Å². The second-order valence-electron chi connectivity index (χ2n) is 6.76. The quantitative estimate of drug-likeness (QED) is 0.419. The molecule has 30 heavy (non-hydrogen) atoms. The van der Waals surface area contributed by atoms with E-state index in [1.165, 1.54) is 18.9 Å². The smallest absolute Gasteiger partial charge is 0.295 e. The predicted molar refractivity (Wildman–Crippen MR) is 112 cm³/mol. The molecule has 2 N–H and O–H groups in total. The van der Waals surface area contributed by atoms with Gasteiger partial charge in [-0.3, -0.25) is 14.4 Å². The molecular weight excluding hydrogens is 408 g/mol. The number of methoxy groups -OCH3 is 1. The molecule has 1 heterocycles. The highest BCUT2D eigenvalue weighted by Crippen LogP contribution is 2.39. The van der Waals surface area contributed by atoms with Crippen LogP contribution in [0.2, 0.25) is 5.02 Å². The maximum Gasteiger partial charge on any atom is 0.295 e. The minimum atomic E-state index is -0.805. The molecule has 0 bridgehead atoms. The van der Waals surface area contributed by atoms with Crippen LogP contribution in [0.3, 0.4) is 0 Å². The highest BCUT2D eigenvalue weighted by Gasteiger charge is 2.45. The number of aliphatic hydroxyl groups is 1. The standard InChI is InChI=1S/C22H21ClN2O5/c1-13(26)24-11-12-25-19(14-5-9-17(30-2)10-6-14)18(21(28)22(25)29)20(27)15-3-7-16(23)8-4-15/h3-10,19,27H,11-12H2,1-2H3,(H,24,26)/b20-18+/t19-/m0/s1. The van der Waals surface area contributed by atoms with Crippen LogP contribution in [-0.4, -0.2) is 47.8 Å². The number of carbonyl (C=O) groups is 3. The first-order valence-electron chi connectivity index (χ1n) is 9.26. The Kier molecular flexibility index (Phi) is 6.42. The molecule has 1 atom stereocenters. The Balaban J connectivity index is 2.08. The Hall–Kier alpha value is -3.32. The molecule has 2 aromatic rings. The van der Waals surface area contributed by atoms with Crippen molar-refractivity contribution in [1.82, 2.24) is 10.2 Å². The third kappa shape index (κ3) is 4.31. The van der Waals surface area contributed by atoms with Crippen molar-refractivity contribution in [2.45, 2.75) is 13.0 Å². The van der Waals surface area contributed by atoms with E-state index in [0.717, 1.165) is 0 Å². The monoisotopic (exact) mass is 428 g/mol. The summed E-state index contributed by atoms with van der Waals surface area (Å²) in [7, 11) is 1.54. The van der Waals surface area contributed by atoms with E-state index < -0.39 is 17.7 Å². The SMILES string of the molecule is COc1ccc([C@H]2/C(=C(\O)c3ccc(Cl)cc3)C(=O)C(=O)N2CCNC(C)=O)cc1. The highest BCUT2D eigenvalue weighted by molar-refractivity contribution is 6.46. The van der Waals surface area contributed by atoms with Crippen molar-refractivity contribution in [2.75, 3.05) is 20.2 Å². The molecule has 2 aromatic carbocycles. The van der Waals surface area contributed by atoms with E-state index in [1.807, 2.05) is 0 Å². The maximum atomic E-state index is 12.9. The van der Waals surface area contributed by atoms with Gasteiger partial charge in [-0.2, -0.15) is 0 Å². The normalized spacial score (nSPS) is 17.8. The van der Waals surface area contributed by atoms with Crippen LogP contribution in [0.4, 0.5) is 0 Å². The van der Waals surface area contributed by atoms with Crippen molar-refractivity contribution < 1.29 is 24.2 Å². The van der Waals surface area contributed by atoms with Gasteiger partial charge in [0.1, 0.15) is 11.5 Å². The lowest BCUT2D eigenvalue weighted by Crippen LogP contribution is -2.37. The molecule has 0 aromatic heterocycles. The second-order valence-corrected chi connectivity index (χ2v) is 7.19. The van der Waals surface area contributed by atoms with Crippen LogP contribution in [0, 0.1) is 0 Å². The number of amides is 2. The average molecular weight is 429 g/mol. The molecule has 1 saturated heterocycles. The number of hydrogen-bond donors (Lipinski definition) is 2. The first-order valence-corrected chi connectivity index (χ1v) is 9.64. The zero-order valence-corrected chi connectivity index (χ0v) is 17.3. The van der Waals surface area contributed by atoms with Gasteiger partial charge in [0.2, 0.25) is 5.91 Å². The van der Waals surface area contributed by atoms with Crippen molar-refractivity contribution in [3.05, 3.63) is 70.3 Å². The topological polar surface area (TPSA) is 95.9 Å². The maximum absolute atomic E-state index is 12.9. The number of nitrogens with zero attached hydrogens (tertiary/aromatic N) is 1. The van der Waals surface area contributed by atoms with Gasteiger partial charge < -0.3 is 20.1 Å². The first kappa shape index (κ1) is 21.4. The van der Waals surface area contributed by atoms with E-state index in [0.29, 0.717) is 21.9 Å². The van der Waals surface area contributed by atoms with Crippen molar-refractivity contribution in [2.24, 2.45) is 0 Å². The Morgan fingerprint density at radius 2 is 1.77 bits per heavy atom. The lowest BCUT2D eigenvalue weighted by atomic mass is 9.95. The zero-order chi connectivity index (χ0) is 21.8. The predicted octanol–water partition coefficient (Wildman–Crippen LogP) is 2.91. The summed E-state index contributed by atoms with van der Waals surface area (Å²) in [4.78, 5) is 38.2. The molecule has 0 aliphatic carbocycles. The van der Waals surface area contributed by atoms with Crippen LogP contribution < -0.4 is 10.1 Å². The summed E-state index contributed by atoms with van der Waals surface area (Å²) in [6.07, 6.45) is 0. The third-order valence-electron chi connectivity index (χ3n) is 4.82. The summed E-state index contributed by atoms with van der Waals surface area (Å²) in [6, 6.07) is 12.4. The molecule has 1 aliphatic rings. The Bertz CT molecular complexity index is 999. The largest absolute Gasteiger partial charge is 0.507 e. The van der Waals surface area contributed by atoms with Crippen LogP contribution in [0.1, 0.15) is 24.1 Å². The van der Waals surface area contributed by atoms with Gasteiger partial charge in [-0.05, 0) is 42.0 Å². The number of hydrogen-bond acceptors (Lipinski definition) is 5. The van der Waals surface area contributed by atoms with E-state index in [4.69, 9.17) is 16.3 Å². The van der Waals surface area contributed by atoms with Crippen LogP contribution in [0.15, 0.2) is 54.1 Å². The molecular formula is C22H21ClN2O5. The number of carbonyl (C=O) groups excluding carboxylic acids is 3. The van der Waals surface area contributed by atoms with Gasteiger partial charge in [-0.15, -0.1) is 0 Å². The van der Waals surface area contributed by atoms with E-state index in [9.17, 15) is 19.5 Å².